The second kappa shape index (κ2) is 5.40. The van der Waals surface area contributed by atoms with E-state index >= 15 is 0 Å². The molecule has 0 saturated heterocycles. The maximum atomic E-state index is 11.3. The average Bonchev–Trinajstić information content (AvgIpc) is 2.28. The number of carbonyl (C=O) groups excluding carboxylic acids is 1. The lowest BCUT2D eigenvalue weighted by molar-refractivity contribution is -0.385. The van der Waals surface area contributed by atoms with Crippen LogP contribution >= 0.6 is 0 Å². The summed E-state index contributed by atoms with van der Waals surface area (Å²) < 4.78 is 5.18. The number of hydrogen-bond acceptors (Lipinski definition) is 5. The van der Waals surface area contributed by atoms with E-state index in [9.17, 15) is 14.9 Å². The zero-order valence-corrected chi connectivity index (χ0v) is 9.60. The molecular formula is C11H13NO5. The molecule has 0 atom stereocenters. The van der Waals surface area contributed by atoms with E-state index in [0.717, 1.165) is 0 Å². The number of nitro groups is 1. The molecule has 0 unspecified atom stereocenters. The molecule has 0 bridgehead atoms. The average molecular weight is 239 g/mol. The number of aliphatic hydroxyl groups is 1. The van der Waals surface area contributed by atoms with Crippen LogP contribution in [0.4, 0.5) is 5.69 Å². The minimum Gasteiger partial charge on any atom is -0.493 e. The smallest absolute Gasteiger partial charge is 0.283 e. The number of rotatable bonds is 5. The van der Waals surface area contributed by atoms with Crippen molar-refractivity contribution >= 4 is 11.5 Å². The normalized spacial score (nSPS) is 10.1. The predicted octanol–water partition coefficient (Wildman–Crippen LogP) is 1.69. The number of nitro benzene ring substituents is 1. The van der Waals surface area contributed by atoms with Crippen molar-refractivity contribution in [3.05, 3.63) is 33.4 Å². The second-order valence-electron chi connectivity index (χ2n) is 3.38. The number of hydrogen-bond donors (Lipinski definition) is 1. The largest absolute Gasteiger partial charge is 0.493 e. The highest BCUT2D eigenvalue weighted by atomic mass is 16.6. The molecule has 0 saturated carbocycles. The van der Waals surface area contributed by atoms with Gasteiger partial charge < -0.3 is 9.84 Å². The van der Waals surface area contributed by atoms with E-state index in [4.69, 9.17) is 9.84 Å². The van der Waals surface area contributed by atoms with E-state index < -0.39 is 10.7 Å². The Bertz CT molecular complexity index is 455. The summed E-state index contributed by atoms with van der Waals surface area (Å²) >= 11 is 0. The minimum absolute atomic E-state index is 0.0255. The quantitative estimate of drug-likeness (QED) is 0.479. The highest BCUT2D eigenvalue weighted by Gasteiger charge is 2.21. The van der Waals surface area contributed by atoms with Crippen LogP contribution in [-0.2, 0) is 6.61 Å². The van der Waals surface area contributed by atoms with E-state index in [0.29, 0.717) is 12.2 Å². The van der Waals surface area contributed by atoms with Gasteiger partial charge in [0.05, 0.1) is 29.8 Å². The predicted molar refractivity (Wildman–Crippen MR) is 60.2 cm³/mol. The van der Waals surface area contributed by atoms with Crippen LogP contribution in [0.1, 0.15) is 29.8 Å². The number of nitrogens with zero attached hydrogens (tertiary/aromatic N) is 1. The van der Waals surface area contributed by atoms with Crippen LogP contribution in [0.2, 0.25) is 0 Å². The van der Waals surface area contributed by atoms with Crippen molar-refractivity contribution in [2.24, 2.45) is 0 Å². The third kappa shape index (κ3) is 2.79. The molecule has 1 aromatic rings. The summed E-state index contributed by atoms with van der Waals surface area (Å²) in [5, 5.41) is 19.9. The SMILES string of the molecule is CCOc1cc([N+](=O)[O-])c(C(C)=O)cc1CO. The van der Waals surface area contributed by atoms with E-state index in [1.165, 1.54) is 19.1 Å². The first-order chi connectivity index (χ1) is 8.01. The Kier molecular flexibility index (Phi) is 4.17. The third-order valence-corrected chi connectivity index (χ3v) is 2.22. The molecule has 17 heavy (non-hydrogen) atoms. The zero-order chi connectivity index (χ0) is 13.0. The molecule has 92 valence electrons. The first kappa shape index (κ1) is 13.1. The molecule has 0 fully saturated rings. The van der Waals surface area contributed by atoms with E-state index in [1.54, 1.807) is 6.92 Å². The maximum Gasteiger partial charge on any atom is 0.283 e. The molecule has 6 heteroatoms. The lowest BCUT2D eigenvalue weighted by Gasteiger charge is -2.09. The van der Waals surface area contributed by atoms with Crippen molar-refractivity contribution in [1.82, 2.24) is 0 Å². The van der Waals surface area contributed by atoms with Crippen LogP contribution in [0.3, 0.4) is 0 Å². The van der Waals surface area contributed by atoms with Gasteiger partial charge in [0.25, 0.3) is 5.69 Å². The van der Waals surface area contributed by atoms with Gasteiger partial charge in [-0.2, -0.15) is 0 Å². The monoisotopic (exact) mass is 239 g/mol. The Morgan fingerprint density at radius 1 is 1.53 bits per heavy atom. The van der Waals surface area contributed by atoms with Gasteiger partial charge in [0.1, 0.15) is 5.75 Å². The van der Waals surface area contributed by atoms with Crippen LogP contribution in [0.25, 0.3) is 0 Å². The van der Waals surface area contributed by atoms with Crippen LogP contribution in [0.5, 0.6) is 5.75 Å². The Morgan fingerprint density at radius 3 is 2.59 bits per heavy atom. The maximum absolute atomic E-state index is 11.3. The van der Waals surface area contributed by atoms with Crippen molar-refractivity contribution < 1.29 is 19.6 Å². The number of ketones is 1. The Hall–Kier alpha value is -1.95. The molecule has 0 spiro atoms. The van der Waals surface area contributed by atoms with Gasteiger partial charge in [-0.3, -0.25) is 14.9 Å². The number of ether oxygens (including phenoxy) is 1. The molecule has 1 rings (SSSR count). The summed E-state index contributed by atoms with van der Waals surface area (Å²) in [4.78, 5) is 21.5. The molecule has 6 nitrogen and oxygen atoms in total. The Labute approximate surface area is 98.0 Å². The summed E-state index contributed by atoms with van der Waals surface area (Å²) in [6.07, 6.45) is 0. The van der Waals surface area contributed by atoms with Gasteiger partial charge in [-0.15, -0.1) is 0 Å². The summed E-state index contributed by atoms with van der Waals surface area (Å²) in [6.45, 7) is 2.95. The van der Waals surface area contributed by atoms with Crippen LogP contribution in [-0.4, -0.2) is 22.4 Å². The Balaban J connectivity index is 3.42. The fourth-order valence-electron chi connectivity index (χ4n) is 1.46. The van der Waals surface area contributed by atoms with Crippen LogP contribution in [0.15, 0.2) is 12.1 Å². The molecule has 0 radical (unpaired) electrons. The summed E-state index contributed by atoms with van der Waals surface area (Å²) in [7, 11) is 0. The van der Waals surface area contributed by atoms with Gasteiger partial charge in [0, 0.05) is 5.56 Å². The Morgan fingerprint density at radius 2 is 2.18 bits per heavy atom. The van der Waals surface area contributed by atoms with E-state index in [1.807, 2.05) is 0 Å². The van der Waals surface area contributed by atoms with Gasteiger partial charge >= 0.3 is 0 Å². The second-order valence-corrected chi connectivity index (χ2v) is 3.38. The lowest BCUT2D eigenvalue weighted by Crippen LogP contribution is -2.05. The molecule has 0 amide bonds. The number of benzene rings is 1. The fourth-order valence-corrected chi connectivity index (χ4v) is 1.46. The first-order valence-electron chi connectivity index (χ1n) is 5.07. The van der Waals surface area contributed by atoms with Gasteiger partial charge in [-0.05, 0) is 19.9 Å². The molecule has 0 heterocycles. The van der Waals surface area contributed by atoms with Gasteiger partial charge in [-0.1, -0.05) is 0 Å². The van der Waals surface area contributed by atoms with E-state index in [-0.39, 0.29) is 23.6 Å². The van der Waals surface area contributed by atoms with Crippen molar-refractivity contribution in [3.63, 3.8) is 0 Å². The van der Waals surface area contributed by atoms with Gasteiger partial charge in [-0.25, -0.2) is 0 Å². The number of Topliss-reactive ketones (excluding diaryl/α,β-unsaturated/α-hetero) is 1. The number of aliphatic hydroxyl groups excluding tert-OH is 1. The molecule has 1 aromatic carbocycles. The molecule has 0 aliphatic heterocycles. The molecule has 0 aliphatic carbocycles. The molecule has 0 aromatic heterocycles. The third-order valence-electron chi connectivity index (χ3n) is 2.22. The zero-order valence-electron chi connectivity index (χ0n) is 9.60. The molecule has 0 aliphatic rings. The van der Waals surface area contributed by atoms with Crippen molar-refractivity contribution in [1.29, 1.82) is 0 Å². The lowest BCUT2D eigenvalue weighted by atomic mass is 10.0. The van der Waals surface area contributed by atoms with E-state index in [2.05, 4.69) is 0 Å². The minimum atomic E-state index is -0.638. The molecule has 1 N–H and O–H groups in total. The first-order valence-corrected chi connectivity index (χ1v) is 5.07. The summed E-state index contributed by atoms with van der Waals surface area (Å²) in [5.41, 5.74) is 0.0308. The van der Waals surface area contributed by atoms with Crippen molar-refractivity contribution in [2.45, 2.75) is 20.5 Å². The molecular weight excluding hydrogens is 226 g/mol. The highest BCUT2D eigenvalue weighted by Crippen LogP contribution is 2.29. The summed E-state index contributed by atoms with van der Waals surface area (Å²) in [5.74, 6) is -0.193. The standard InChI is InChI=1S/C11H13NO5/c1-3-17-11-5-10(12(15)16)9(7(2)14)4-8(11)6-13/h4-5,13H,3,6H2,1-2H3. The van der Waals surface area contributed by atoms with Crippen molar-refractivity contribution in [3.8, 4) is 5.75 Å². The summed E-state index contributed by atoms with van der Waals surface area (Å²) in [6, 6.07) is 2.47. The van der Waals surface area contributed by atoms with Gasteiger partial charge in [0.15, 0.2) is 5.78 Å². The van der Waals surface area contributed by atoms with Gasteiger partial charge in [0.2, 0.25) is 0 Å². The fraction of sp³-hybridized carbons (Fsp3) is 0.364. The van der Waals surface area contributed by atoms with Crippen LogP contribution in [0, 0.1) is 10.1 Å². The number of carbonyl (C=O) groups is 1. The van der Waals surface area contributed by atoms with Crippen LogP contribution < -0.4 is 4.74 Å². The topological polar surface area (TPSA) is 89.7 Å². The van der Waals surface area contributed by atoms with Crippen molar-refractivity contribution in [2.75, 3.05) is 6.61 Å². The highest BCUT2D eigenvalue weighted by molar-refractivity contribution is 5.98.